The second-order valence-electron chi connectivity index (χ2n) is 3.55. The Labute approximate surface area is 114 Å². The van der Waals surface area contributed by atoms with Crippen molar-refractivity contribution in [3.63, 3.8) is 0 Å². The average Bonchev–Trinajstić information content (AvgIpc) is 2.70. The highest BCUT2D eigenvalue weighted by Crippen LogP contribution is 2.26. The summed E-state index contributed by atoms with van der Waals surface area (Å²) in [6.07, 6.45) is 0. The lowest BCUT2D eigenvalue weighted by atomic mass is 10.2. The fourth-order valence-corrected chi connectivity index (χ4v) is 2.66. The predicted molar refractivity (Wildman–Crippen MR) is 74.9 cm³/mol. The summed E-state index contributed by atoms with van der Waals surface area (Å²) in [5.41, 5.74) is 1.15. The van der Waals surface area contributed by atoms with Crippen LogP contribution < -0.4 is 4.90 Å². The molecule has 0 unspecified atom stereocenters. The molecule has 4 nitrogen and oxygen atoms in total. The molecule has 0 radical (unpaired) electrons. The third-order valence-electron chi connectivity index (χ3n) is 2.39. The van der Waals surface area contributed by atoms with E-state index in [2.05, 4.69) is 0 Å². The van der Waals surface area contributed by atoms with E-state index < -0.39 is 0 Å². The summed E-state index contributed by atoms with van der Waals surface area (Å²) in [6, 6.07) is 6.66. The van der Waals surface area contributed by atoms with Gasteiger partial charge in [-0.15, -0.1) is 0 Å². The SMILES string of the molecule is CCOC(=O)c1ccc(N2C(=O)CSC2=S)cc1. The zero-order chi connectivity index (χ0) is 13.1. The van der Waals surface area contributed by atoms with Crippen LogP contribution in [0.15, 0.2) is 24.3 Å². The van der Waals surface area contributed by atoms with E-state index in [-0.39, 0.29) is 11.9 Å². The molecule has 0 aliphatic carbocycles. The van der Waals surface area contributed by atoms with Crippen molar-refractivity contribution in [3.8, 4) is 0 Å². The Bertz CT molecular complexity index is 483. The quantitative estimate of drug-likeness (QED) is 0.628. The van der Waals surface area contributed by atoms with Crippen LogP contribution in [-0.4, -0.2) is 28.6 Å². The molecule has 0 bridgehead atoms. The molecular formula is C12H11NO3S2. The molecule has 1 aliphatic rings. The van der Waals surface area contributed by atoms with Crippen molar-refractivity contribution < 1.29 is 14.3 Å². The average molecular weight is 281 g/mol. The van der Waals surface area contributed by atoms with E-state index >= 15 is 0 Å². The number of nitrogens with zero attached hydrogens (tertiary/aromatic N) is 1. The van der Waals surface area contributed by atoms with E-state index in [1.54, 1.807) is 31.2 Å². The van der Waals surface area contributed by atoms with Gasteiger partial charge in [0.25, 0.3) is 0 Å². The number of anilines is 1. The van der Waals surface area contributed by atoms with Crippen molar-refractivity contribution in [2.24, 2.45) is 0 Å². The van der Waals surface area contributed by atoms with Gasteiger partial charge in [0.05, 0.1) is 23.6 Å². The molecule has 0 atom stereocenters. The van der Waals surface area contributed by atoms with Crippen LogP contribution in [0, 0.1) is 0 Å². The largest absolute Gasteiger partial charge is 0.462 e. The number of benzene rings is 1. The highest BCUT2D eigenvalue weighted by molar-refractivity contribution is 8.24. The number of hydrogen-bond donors (Lipinski definition) is 0. The second-order valence-corrected chi connectivity index (χ2v) is 5.16. The van der Waals surface area contributed by atoms with Gasteiger partial charge in [-0.2, -0.15) is 0 Å². The van der Waals surface area contributed by atoms with Gasteiger partial charge in [-0.3, -0.25) is 9.69 Å². The predicted octanol–water partition coefficient (Wildman–Crippen LogP) is 2.23. The van der Waals surface area contributed by atoms with Crippen molar-refractivity contribution in [3.05, 3.63) is 29.8 Å². The minimum absolute atomic E-state index is 0.0334. The number of amides is 1. The molecule has 0 N–H and O–H groups in total. The lowest BCUT2D eigenvalue weighted by molar-refractivity contribution is -0.115. The fraction of sp³-hybridized carbons (Fsp3) is 0.250. The molecule has 1 amide bonds. The van der Waals surface area contributed by atoms with Crippen LogP contribution in [0.4, 0.5) is 5.69 Å². The zero-order valence-corrected chi connectivity index (χ0v) is 11.3. The number of thioether (sulfide) groups is 1. The van der Waals surface area contributed by atoms with Gasteiger partial charge in [-0.25, -0.2) is 4.79 Å². The molecule has 1 aromatic carbocycles. The number of hydrogen-bond acceptors (Lipinski definition) is 5. The summed E-state index contributed by atoms with van der Waals surface area (Å²) in [7, 11) is 0. The van der Waals surface area contributed by atoms with E-state index in [0.717, 1.165) is 0 Å². The summed E-state index contributed by atoms with van der Waals surface area (Å²) in [4.78, 5) is 24.6. The Morgan fingerprint density at radius 1 is 1.44 bits per heavy atom. The van der Waals surface area contributed by atoms with E-state index in [1.807, 2.05) is 0 Å². The van der Waals surface area contributed by atoms with Gasteiger partial charge in [-0.05, 0) is 31.2 Å². The van der Waals surface area contributed by atoms with Crippen molar-refractivity contribution in [1.82, 2.24) is 0 Å². The van der Waals surface area contributed by atoms with Crippen molar-refractivity contribution in [2.75, 3.05) is 17.3 Å². The number of esters is 1. The number of rotatable bonds is 3. The molecule has 1 saturated heterocycles. The molecule has 6 heteroatoms. The first-order chi connectivity index (χ1) is 8.63. The van der Waals surface area contributed by atoms with Crippen LogP contribution in [-0.2, 0) is 9.53 Å². The highest BCUT2D eigenvalue weighted by Gasteiger charge is 2.28. The smallest absolute Gasteiger partial charge is 0.338 e. The normalized spacial score (nSPS) is 15.1. The van der Waals surface area contributed by atoms with Gasteiger partial charge in [0, 0.05) is 0 Å². The molecule has 0 aromatic heterocycles. The monoisotopic (exact) mass is 281 g/mol. The summed E-state index contributed by atoms with van der Waals surface area (Å²) in [6.45, 7) is 2.09. The Hall–Kier alpha value is -1.40. The van der Waals surface area contributed by atoms with Crippen LogP contribution in [0.5, 0.6) is 0 Å². The summed E-state index contributed by atoms with van der Waals surface area (Å²) >= 11 is 6.45. The molecule has 0 spiro atoms. The lowest BCUT2D eigenvalue weighted by Gasteiger charge is -2.15. The summed E-state index contributed by atoms with van der Waals surface area (Å²) in [5.74, 6) is -0.0269. The standard InChI is InChI=1S/C12H11NO3S2/c1-2-16-11(15)8-3-5-9(6-4-8)13-10(14)7-18-12(13)17/h3-6H,2,7H2,1H3. The maximum Gasteiger partial charge on any atom is 0.338 e. The molecule has 0 saturated carbocycles. The van der Waals surface area contributed by atoms with Crippen LogP contribution in [0.2, 0.25) is 0 Å². The van der Waals surface area contributed by atoms with Crippen molar-refractivity contribution in [1.29, 1.82) is 0 Å². The van der Waals surface area contributed by atoms with Crippen LogP contribution in [0.1, 0.15) is 17.3 Å². The molecule has 1 aromatic rings. The zero-order valence-electron chi connectivity index (χ0n) is 9.71. The van der Waals surface area contributed by atoms with Gasteiger partial charge in [0.2, 0.25) is 5.91 Å². The third kappa shape index (κ3) is 2.54. The van der Waals surface area contributed by atoms with E-state index in [4.69, 9.17) is 17.0 Å². The summed E-state index contributed by atoms with van der Waals surface area (Å²) in [5, 5.41) is 0. The topological polar surface area (TPSA) is 46.6 Å². The Balaban J connectivity index is 2.20. The minimum atomic E-state index is -0.367. The maximum atomic E-state index is 11.6. The molecule has 1 aliphatic heterocycles. The first-order valence-electron chi connectivity index (χ1n) is 5.40. The van der Waals surface area contributed by atoms with Crippen LogP contribution in [0.25, 0.3) is 0 Å². The molecule has 18 heavy (non-hydrogen) atoms. The summed E-state index contributed by atoms with van der Waals surface area (Å²) < 4.78 is 5.43. The van der Waals surface area contributed by atoms with Gasteiger partial charge in [0.1, 0.15) is 4.32 Å². The van der Waals surface area contributed by atoms with Crippen LogP contribution in [0.3, 0.4) is 0 Å². The van der Waals surface area contributed by atoms with Gasteiger partial charge < -0.3 is 4.74 Å². The van der Waals surface area contributed by atoms with E-state index in [1.165, 1.54) is 16.7 Å². The lowest BCUT2D eigenvalue weighted by Crippen LogP contribution is -2.27. The van der Waals surface area contributed by atoms with Crippen LogP contribution >= 0.6 is 24.0 Å². The fourth-order valence-electron chi connectivity index (χ4n) is 1.56. The van der Waals surface area contributed by atoms with Crippen molar-refractivity contribution >= 4 is 45.9 Å². The highest BCUT2D eigenvalue weighted by atomic mass is 32.2. The molecular weight excluding hydrogens is 270 g/mol. The Kier molecular flexibility index (Phi) is 3.98. The van der Waals surface area contributed by atoms with E-state index in [9.17, 15) is 9.59 Å². The second kappa shape index (κ2) is 5.49. The van der Waals surface area contributed by atoms with E-state index in [0.29, 0.717) is 27.9 Å². The number of carbonyl (C=O) groups excluding carboxylic acids is 2. The number of ether oxygens (including phenoxy) is 1. The first-order valence-corrected chi connectivity index (χ1v) is 6.79. The van der Waals surface area contributed by atoms with Gasteiger partial charge in [-0.1, -0.05) is 24.0 Å². The third-order valence-corrected chi connectivity index (χ3v) is 3.74. The molecule has 94 valence electrons. The van der Waals surface area contributed by atoms with Gasteiger partial charge >= 0.3 is 5.97 Å². The first kappa shape index (κ1) is 13.0. The van der Waals surface area contributed by atoms with Crippen molar-refractivity contribution in [2.45, 2.75) is 6.92 Å². The Morgan fingerprint density at radius 2 is 2.11 bits per heavy atom. The Morgan fingerprint density at radius 3 is 2.61 bits per heavy atom. The number of thiocarbonyl (C=S) groups is 1. The molecule has 2 rings (SSSR count). The van der Waals surface area contributed by atoms with Gasteiger partial charge in [0.15, 0.2) is 0 Å². The molecule has 1 heterocycles. The minimum Gasteiger partial charge on any atom is -0.462 e. The maximum absolute atomic E-state index is 11.6. The molecule has 1 fully saturated rings. The number of carbonyl (C=O) groups is 2.